The summed E-state index contributed by atoms with van der Waals surface area (Å²) in [5.41, 5.74) is 6.51. The van der Waals surface area contributed by atoms with Crippen LogP contribution in [0.15, 0.2) is 18.2 Å². The molecular weight excluding hydrogens is 222 g/mol. The van der Waals surface area contributed by atoms with Gasteiger partial charge in [0.1, 0.15) is 5.75 Å². The van der Waals surface area contributed by atoms with Crippen molar-refractivity contribution in [2.75, 3.05) is 25.6 Å². The number of anilines is 1. The Balaban J connectivity index is 2.65. The Labute approximate surface area is 100 Å². The van der Waals surface area contributed by atoms with Crippen LogP contribution in [0.1, 0.15) is 23.7 Å². The zero-order valence-corrected chi connectivity index (χ0v) is 9.81. The zero-order chi connectivity index (χ0) is 12.7. The number of nitrogens with two attached hydrogens (primary N) is 1. The molecule has 0 aliphatic heterocycles. The molecule has 1 aromatic carbocycles. The summed E-state index contributed by atoms with van der Waals surface area (Å²) in [5.74, 6) is 0.104. The summed E-state index contributed by atoms with van der Waals surface area (Å²) in [5, 5.41) is 8.56. The summed E-state index contributed by atoms with van der Waals surface area (Å²) < 4.78 is 10.2. The van der Waals surface area contributed by atoms with Crippen LogP contribution in [0.3, 0.4) is 0 Å². The van der Waals surface area contributed by atoms with E-state index in [2.05, 4.69) is 0 Å². The van der Waals surface area contributed by atoms with Crippen LogP contribution in [0.25, 0.3) is 0 Å². The molecule has 0 atom stereocenters. The van der Waals surface area contributed by atoms with Crippen LogP contribution in [-0.2, 0) is 4.74 Å². The van der Waals surface area contributed by atoms with Gasteiger partial charge in [-0.15, -0.1) is 0 Å². The molecule has 0 aliphatic rings. The highest BCUT2D eigenvalue weighted by atomic mass is 16.5. The van der Waals surface area contributed by atoms with Gasteiger partial charge in [-0.2, -0.15) is 0 Å². The molecule has 0 saturated heterocycles. The Morgan fingerprint density at radius 3 is 2.82 bits per heavy atom. The number of esters is 1. The van der Waals surface area contributed by atoms with Gasteiger partial charge in [0, 0.05) is 13.0 Å². The van der Waals surface area contributed by atoms with E-state index >= 15 is 0 Å². The smallest absolute Gasteiger partial charge is 0.338 e. The Hall–Kier alpha value is -1.75. The standard InChI is InChI=1S/C12H17NO4/c1-2-16-11-5-4-9(8-10(11)13)12(15)17-7-3-6-14/h4-5,8,14H,2-3,6-7,13H2,1H3. The largest absolute Gasteiger partial charge is 0.492 e. The van der Waals surface area contributed by atoms with Gasteiger partial charge >= 0.3 is 5.97 Å². The molecular formula is C12H17NO4. The maximum atomic E-state index is 11.5. The highest BCUT2D eigenvalue weighted by molar-refractivity contribution is 5.91. The Morgan fingerprint density at radius 2 is 2.24 bits per heavy atom. The van der Waals surface area contributed by atoms with Crippen molar-refractivity contribution in [3.63, 3.8) is 0 Å². The first kappa shape index (κ1) is 13.3. The van der Waals surface area contributed by atoms with Crippen LogP contribution >= 0.6 is 0 Å². The van der Waals surface area contributed by atoms with Gasteiger partial charge in [-0.05, 0) is 25.1 Å². The second kappa shape index (κ2) is 6.75. The van der Waals surface area contributed by atoms with Crippen LogP contribution < -0.4 is 10.5 Å². The first-order valence-corrected chi connectivity index (χ1v) is 5.49. The van der Waals surface area contributed by atoms with Gasteiger partial charge in [-0.3, -0.25) is 0 Å². The fourth-order valence-electron chi connectivity index (χ4n) is 1.28. The minimum absolute atomic E-state index is 0.00129. The van der Waals surface area contributed by atoms with E-state index in [1.165, 1.54) is 6.07 Å². The Morgan fingerprint density at radius 1 is 1.47 bits per heavy atom. The monoisotopic (exact) mass is 239 g/mol. The van der Waals surface area contributed by atoms with Crippen molar-refractivity contribution >= 4 is 11.7 Å². The molecule has 0 spiro atoms. The highest BCUT2D eigenvalue weighted by Gasteiger charge is 2.09. The quantitative estimate of drug-likeness (QED) is 0.443. The summed E-state index contributed by atoms with van der Waals surface area (Å²) >= 11 is 0. The van der Waals surface area contributed by atoms with Crippen LogP contribution in [-0.4, -0.2) is 30.9 Å². The summed E-state index contributed by atoms with van der Waals surface area (Å²) in [6, 6.07) is 4.76. The van der Waals surface area contributed by atoms with E-state index in [-0.39, 0.29) is 13.2 Å². The summed E-state index contributed by atoms with van der Waals surface area (Å²) in [6.07, 6.45) is 0.429. The van der Waals surface area contributed by atoms with Crippen molar-refractivity contribution in [3.05, 3.63) is 23.8 Å². The van der Waals surface area contributed by atoms with E-state index in [4.69, 9.17) is 20.3 Å². The molecule has 5 heteroatoms. The first-order valence-electron chi connectivity index (χ1n) is 5.49. The Bertz CT molecular complexity index is 379. The molecule has 17 heavy (non-hydrogen) atoms. The normalized spacial score (nSPS) is 10.0. The van der Waals surface area contributed by atoms with Crippen molar-refractivity contribution in [2.24, 2.45) is 0 Å². The van der Waals surface area contributed by atoms with Crippen LogP contribution in [0.2, 0.25) is 0 Å². The van der Waals surface area contributed by atoms with Gasteiger partial charge in [0.2, 0.25) is 0 Å². The molecule has 3 N–H and O–H groups in total. The second-order valence-electron chi connectivity index (χ2n) is 3.40. The second-order valence-corrected chi connectivity index (χ2v) is 3.40. The molecule has 5 nitrogen and oxygen atoms in total. The van der Waals surface area contributed by atoms with E-state index in [1.807, 2.05) is 6.92 Å². The third-order valence-corrected chi connectivity index (χ3v) is 2.08. The number of benzene rings is 1. The molecule has 0 saturated carbocycles. The van der Waals surface area contributed by atoms with E-state index in [9.17, 15) is 4.79 Å². The number of nitrogen functional groups attached to an aromatic ring is 1. The van der Waals surface area contributed by atoms with E-state index in [0.717, 1.165) is 0 Å². The number of rotatable bonds is 6. The maximum absolute atomic E-state index is 11.5. The summed E-state index contributed by atoms with van der Waals surface area (Å²) in [6.45, 7) is 2.57. The fourth-order valence-corrected chi connectivity index (χ4v) is 1.28. The SMILES string of the molecule is CCOc1ccc(C(=O)OCCCO)cc1N. The minimum Gasteiger partial charge on any atom is -0.492 e. The lowest BCUT2D eigenvalue weighted by atomic mass is 10.2. The summed E-state index contributed by atoms with van der Waals surface area (Å²) in [4.78, 5) is 11.5. The highest BCUT2D eigenvalue weighted by Crippen LogP contribution is 2.22. The molecule has 1 aromatic rings. The number of aliphatic hydroxyl groups excluding tert-OH is 1. The predicted molar refractivity (Wildman–Crippen MR) is 64.0 cm³/mol. The molecule has 0 radical (unpaired) electrons. The van der Waals surface area contributed by atoms with Crippen molar-refractivity contribution in [2.45, 2.75) is 13.3 Å². The van der Waals surface area contributed by atoms with Gasteiger partial charge in [0.05, 0.1) is 24.5 Å². The molecule has 94 valence electrons. The average molecular weight is 239 g/mol. The van der Waals surface area contributed by atoms with Crippen LogP contribution in [0, 0.1) is 0 Å². The molecule has 0 bridgehead atoms. The number of hydrogen-bond donors (Lipinski definition) is 2. The van der Waals surface area contributed by atoms with Gasteiger partial charge < -0.3 is 20.3 Å². The summed E-state index contributed by atoms with van der Waals surface area (Å²) in [7, 11) is 0. The number of aliphatic hydroxyl groups is 1. The van der Waals surface area contributed by atoms with Crippen molar-refractivity contribution in [3.8, 4) is 5.75 Å². The van der Waals surface area contributed by atoms with Gasteiger partial charge in [-0.25, -0.2) is 4.79 Å². The molecule has 0 aliphatic carbocycles. The molecule has 0 fully saturated rings. The third kappa shape index (κ3) is 3.96. The predicted octanol–water partition coefficient (Wildman–Crippen LogP) is 1.21. The number of hydrogen-bond acceptors (Lipinski definition) is 5. The molecule has 0 heterocycles. The van der Waals surface area contributed by atoms with Gasteiger partial charge in [0.25, 0.3) is 0 Å². The number of carbonyl (C=O) groups is 1. The van der Waals surface area contributed by atoms with Crippen molar-refractivity contribution in [1.82, 2.24) is 0 Å². The number of carbonyl (C=O) groups excluding carboxylic acids is 1. The lowest BCUT2D eigenvalue weighted by molar-refractivity contribution is 0.0482. The maximum Gasteiger partial charge on any atom is 0.338 e. The lowest BCUT2D eigenvalue weighted by Gasteiger charge is -2.08. The first-order chi connectivity index (χ1) is 8.19. The molecule has 0 amide bonds. The lowest BCUT2D eigenvalue weighted by Crippen LogP contribution is -2.08. The van der Waals surface area contributed by atoms with E-state index < -0.39 is 5.97 Å². The minimum atomic E-state index is -0.451. The third-order valence-electron chi connectivity index (χ3n) is 2.08. The van der Waals surface area contributed by atoms with Crippen LogP contribution in [0.4, 0.5) is 5.69 Å². The zero-order valence-electron chi connectivity index (χ0n) is 9.81. The molecule has 1 rings (SSSR count). The van der Waals surface area contributed by atoms with E-state index in [0.29, 0.717) is 30.0 Å². The van der Waals surface area contributed by atoms with Gasteiger partial charge in [0.15, 0.2) is 0 Å². The van der Waals surface area contributed by atoms with Crippen LogP contribution in [0.5, 0.6) is 5.75 Å². The average Bonchev–Trinajstić information content (AvgIpc) is 2.32. The number of ether oxygens (including phenoxy) is 2. The topological polar surface area (TPSA) is 81.8 Å². The van der Waals surface area contributed by atoms with Crippen molar-refractivity contribution < 1.29 is 19.4 Å². The molecule has 0 unspecified atom stereocenters. The molecule has 0 aromatic heterocycles. The fraction of sp³-hybridized carbons (Fsp3) is 0.417. The Kier molecular flexibility index (Phi) is 5.29. The van der Waals surface area contributed by atoms with Gasteiger partial charge in [-0.1, -0.05) is 0 Å². The van der Waals surface area contributed by atoms with Crippen molar-refractivity contribution in [1.29, 1.82) is 0 Å². The van der Waals surface area contributed by atoms with E-state index in [1.54, 1.807) is 12.1 Å².